The third kappa shape index (κ3) is 1.17. The number of aryl methyl sites for hydroxylation is 1. The molecule has 1 aromatic heterocycles. The van der Waals surface area contributed by atoms with Crippen LogP contribution < -0.4 is 4.68 Å². The molecule has 0 aliphatic heterocycles. The second-order valence-corrected chi connectivity index (χ2v) is 3.47. The van der Waals surface area contributed by atoms with Gasteiger partial charge in [0, 0.05) is 0 Å². The van der Waals surface area contributed by atoms with Gasteiger partial charge in [0.05, 0.1) is 5.54 Å². The molecule has 0 bridgehead atoms. The fourth-order valence-corrected chi connectivity index (χ4v) is 0.973. The summed E-state index contributed by atoms with van der Waals surface area (Å²) in [6.07, 6.45) is 3.63. The minimum atomic E-state index is 0.130. The molecule has 0 aliphatic carbocycles. The molecule has 0 saturated heterocycles. The SMILES string of the molecule is C[n+]1cncn1C(C)(C)C. The first-order valence-corrected chi connectivity index (χ1v) is 3.40. The second kappa shape index (κ2) is 2.08. The van der Waals surface area contributed by atoms with E-state index in [1.807, 2.05) is 18.1 Å². The van der Waals surface area contributed by atoms with Gasteiger partial charge in [0.1, 0.15) is 7.05 Å². The van der Waals surface area contributed by atoms with Crippen LogP contribution in [-0.4, -0.2) is 9.67 Å². The lowest BCUT2D eigenvalue weighted by Crippen LogP contribution is -2.45. The first-order valence-electron chi connectivity index (χ1n) is 3.40. The highest BCUT2D eigenvalue weighted by atomic mass is 15.4. The molecule has 0 amide bonds. The van der Waals surface area contributed by atoms with Gasteiger partial charge in [-0.1, -0.05) is 0 Å². The van der Waals surface area contributed by atoms with Crippen LogP contribution in [0.4, 0.5) is 0 Å². The molecular weight excluding hydrogens is 126 g/mol. The molecule has 1 heterocycles. The van der Waals surface area contributed by atoms with Gasteiger partial charge < -0.3 is 0 Å². The van der Waals surface area contributed by atoms with E-state index in [9.17, 15) is 0 Å². The molecule has 56 valence electrons. The van der Waals surface area contributed by atoms with Crippen molar-refractivity contribution in [3.63, 3.8) is 0 Å². The van der Waals surface area contributed by atoms with Gasteiger partial charge >= 0.3 is 6.33 Å². The first-order chi connectivity index (χ1) is 4.52. The lowest BCUT2D eigenvalue weighted by atomic mass is 10.1. The molecule has 0 unspecified atom stereocenters. The third-order valence-electron chi connectivity index (χ3n) is 1.44. The van der Waals surface area contributed by atoms with Crippen LogP contribution in [0.1, 0.15) is 20.8 Å². The Hall–Kier alpha value is -0.860. The van der Waals surface area contributed by atoms with Crippen LogP contribution >= 0.6 is 0 Å². The molecule has 3 nitrogen and oxygen atoms in total. The van der Waals surface area contributed by atoms with Crippen molar-refractivity contribution < 1.29 is 4.68 Å². The highest BCUT2D eigenvalue weighted by Gasteiger charge is 2.18. The molecule has 1 aromatic rings. The summed E-state index contributed by atoms with van der Waals surface area (Å²) in [6, 6.07) is 0. The topological polar surface area (TPSA) is 21.7 Å². The average molecular weight is 140 g/mol. The average Bonchev–Trinajstić information content (AvgIpc) is 2.11. The summed E-state index contributed by atoms with van der Waals surface area (Å²) >= 11 is 0. The van der Waals surface area contributed by atoms with E-state index in [0.29, 0.717) is 0 Å². The normalized spacial score (nSPS) is 12.0. The summed E-state index contributed by atoms with van der Waals surface area (Å²) in [7, 11) is 1.98. The van der Waals surface area contributed by atoms with Gasteiger partial charge in [0.2, 0.25) is 6.33 Å². The molecule has 10 heavy (non-hydrogen) atoms. The van der Waals surface area contributed by atoms with E-state index in [1.54, 1.807) is 6.33 Å². The van der Waals surface area contributed by atoms with Gasteiger partial charge in [0.15, 0.2) is 0 Å². The Bertz CT molecular complexity index is 219. The molecule has 0 saturated carbocycles. The molecular formula is C7H14N3+. The van der Waals surface area contributed by atoms with Crippen LogP contribution in [0.2, 0.25) is 0 Å². The maximum absolute atomic E-state index is 4.01. The van der Waals surface area contributed by atoms with Crippen molar-refractivity contribution in [2.24, 2.45) is 7.05 Å². The molecule has 0 atom stereocenters. The van der Waals surface area contributed by atoms with Crippen LogP contribution in [-0.2, 0) is 12.6 Å². The van der Waals surface area contributed by atoms with E-state index in [4.69, 9.17) is 0 Å². The molecule has 0 N–H and O–H groups in total. The maximum atomic E-state index is 4.01. The number of hydrogen-bond donors (Lipinski definition) is 0. The highest BCUT2D eigenvalue weighted by Crippen LogP contribution is 2.08. The summed E-state index contributed by atoms with van der Waals surface area (Å²) in [5.74, 6) is 0. The Morgan fingerprint density at radius 3 is 2.20 bits per heavy atom. The van der Waals surface area contributed by atoms with Crippen LogP contribution in [0.3, 0.4) is 0 Å². The van der Waals surface area contributed by atoms with Crippen molar-refractivity contribution in [1.29, 1.82) is 0 Å². The monoisotopic (exact) mass is 140 g/mol. The van der Waals surface area contributed by atoms with Crippen molar-refractivity contribution in [2.45, 2.75) is 26.3 Å². The highest BCUT2D eigenvalue weighted by molar-refractivity contribution is 4.66. The Morgan fingerprint density at radius 2 is 2.00 bits per heavy atom. The molecule has 3 heteroatoms. The van der Waals surface area contributed by atoms with Gasteiger partial charge in [-0.25, -0.2) is 0 Å². The number of hydrogen-bond acceptors (Lipinski definition) is 1. The molecule has 0 aromatic carbocycles. The number of nitrogens with zero attached hydrogens (tertiary/aromatic N) is 3. The van der Waals surface area contributed by atoms with Gasteiger partial charge in [-0.2, -0.15) is 9.36 Å². The minimum absolute atomic E-state index is 0.130. The zero-order valence-electron chi connectivity index (χ0n) is 7.00. The molecule has 0 fully saturated rings. The number of aromatic nitrogens is 3. The summed E-state index contributed by atoms with van der Waals surface area (Å²) in [5.41, 5.74) is 0.130. The van der Waals surface area contributed by atoms with Crippen LogP contribution in [0.15, 0.2) is 12.7 Å². The van der Waals surface area contributed by atoms with E-state index >= 15 is 0 Å². The molecule has 0 radical (unpaired) electrons. The zero-order valence-corrected chi connectivity index (χ0v) is 7.00. The van der Waals surface area contributed by atoms with Crippen molar-refractivity contribution in [3.05, 3.63) is 12.7 Å². The summed E-state index contributed by atoms with van der Waals surface area (Å²) < 4.78 is 4.05. The summed E-state index contributed by atoms with van der Waals surface area (Å²) in [5, 5.41) is 0. The Kier molecular flexibility index (Phi) is 1.50. The largest absolute Gasteiger partial charge is 0.306 e. The van der Waals surface area contributed by atoms with Crippen LogP contribution in [0, 0.1) is 0 Å². The minimum Gasteiger partial charge on any atom is -0.176 e. The van der Waals surface area contributed by atoms with Gasteiger partial charge in [-0.3, -0.25) is 0 Å². The zero-order chi connectivity index (χ0) is 7.78. The van der Waals surface area contributed by atoms with Gasteiger partial charge in [-0.05, 0) is 25.8 Å². The van der Waals surface area contributed by atoms with E-state index in [1.165, 1.54) is 0 Å². The predicted octanol–water partition coefficient (Wildman–Crippen LogP) is 0.463. The predicted molar refractivity (Wildman–Crippen MR) is 38.4 cm³/mol. The van der Waals surface area contributed by atoms with Crippen LogP contribution in [0.25, 0.3) is 0 Å². The lowest BCUT2D eigenvalue weighted by Gasteiger charge is -2.17. The fourth-order valence-electron chi connectivity index (χ4n) is 0.973. The van der Waals surface area contributed by atoms with Crippen molar-refractivity contribution in [3.8, 4) is 0 Å². The van der Waals surface area contributed by atoms with Gasteiger partial charge in [0.25, 0.3) is 0 Å². The summed E-state index contributed by atoms with van der Waals surface area (Å²) in [4.78, 5) is 4.01. The van der Waals surface area contributed by atoms with Crippen molar-refractivity contribution in [2.75, 3.05) is 0 Å². The molecule has 0 spiro atoms. The second-order valence-electron chi connectivity index (χ2n) is 3.47. The number of rotatable bonds is 0. The summed E-state index contributed by atoms with van der Waals surface area (Å²) in [6.45, 7) is 6.44. The van der Waals surface area contributed by atoms with E-state index < -0.39 is 0 Å². The quantitative estimate of drug-likeness (QED) is 0.480. The molecule has 1 rings (SSSR count). The smallest absolute Gasteiger partial charge is 0.176 e. The maximum Gasteiger partial charge on any atom is 0.306 e. The van der Waals surface area contributed by atoms with Crippen LogP contribution in [0.5, 0.6) is 0 Å². The lowest BCUT2D eigenvalue weighted by molar-refractivity contribution is -0.760. The standard InChI is InChI=1S/C7H14N3/c1-7(2,3)10-6-8-5-9(10)4/h5-6H,1-4H3/q+1. The van der Waals surface area contributed by atoms with E-state index in [-0.39, 0.29) is 5.54 Å². The van der Waals surface area contributed by atoms with E-state index in [2.05, 4.69) is 30.4 Å². The first kappa shape index (κ1) is 7.25. The third-order valence-corrected chi connectivity index (χ3v) is 1.44. The van der Waals surface area contributed by atoms with Crippen molar-refractivity contribution >= 4 is 0 Å². The molecule has 0 aliphatic rings. The Labute approximate surface area is 61.3 Å². The fraction of sp³-hybridized carbons (Fsp3) is 0.714. The van der Waals surface area contributed by atoms with Crippen molar-refractivity contribution in [1.82, 2.24) is 9.67 Å². The van der Waals surface area contributed by atoms with Gasteiger partial charge in [-0.15, -0.1) is 0 Å². The Balaban J connectivity index is 3.05. The van der Waals surface area contributed by atoms with E-state index in [0.717, 1.165) is 0 Å². The Morgan fingerprint density at radius 1 is 1.40 bits per heavy atom.